The van der Waals surface area contributed by atoms with Crippen LogP contribution in [0.1, 0.15) is 23.0 Å². The van der Waals surface area contributed by atoms with Gasteiger partial charge < -0.3 is 4.74 Å². The van der Waals surface area contributed by atoms with Crippen LogP contribution in [0.4, 0.5) is 5.69 Å². The molecule has 1 heterocycles. The van der Waals surface area contributed by atoms with Gasteiger partial charge in [-0.2, -0.15) is 0 Å². The third-order valence-corrected chi connectivity index (χ3v) is 6.40. The summed E-state index contributed by atoms with van der Waals surface area (Å²) < 4.78 is 5.23. The number of carbonyl (C=O) groups excluding carboxylic acids is 2. The van der Waals surface area contributed by atoms with Crippen molar-refractivity contribution >= 4 is 17.5 Å². The zero-order valence-corrected chi connectivity index (χ0v) is 17.2. The molecule has 1 fully saturated rings. The first kappa shape index (κ1) is 19.3. The lowest BCUT2D eigenvalue weighted by Gasteiger charge is -2.32. The molecule has 2 amide bonds. The van der Waals surface area contributed by atoms with E-state index in [4.69, 9.17) is 4.74 Å². The molecule has 2 aliphatic rings. The van der Waals surface area contributed by atoms with E-state index < -0.39 is 11.8 Å². The minimum absolute atomic E-state index is 0.133. The number of amides is 2. The molecule has 0 N–H and O–H groups in total. The fourth-order valence-electron chi connectivity index (χ4n) is 4.92. The minimum atomic E-state index is -0.438. The van der Waals surface area contributed by atoms with E-state index in [9.17, 15) is 9.59 Å². The van der Waals surface area contributed by atoms with Gasteiger partial charge in [-0.05, 0) is 35.4 Å². The highest BCUT2D eigenvalue weighted by atomic mass is 16.5. The molecule has 1 aliphatic carbocycles. The maximum atomic E-state index is 13.7. The summed E-state index contributed by atoms with van der Waals surface area (Å²) in [6.45, 7) is 0. The number of allylic oxidation sites excluding steroid dienone is 2. The van der Waals surface area contributed by atoms with Crippen molar-refractivity contribution in [2.24, 2.45) is 11.8 Å². The average Bonchev–Trinajstić information content (AvgIpc) is 3.10. The lowest BCUT2D eigenvalue weighted by Crippen LogP contribution is -2.31. The zero-order chi connectivity index (χ0) is 21.4. The van der Waals surface area contributed by atoms with Crippen LogP contribution in [-0.2, 0) is 9.59 Å². The van der Waals surface area contributed by atoms with Gasteiger partial charge in [-0.15, -0.1) is 0 Å². The van der Waals surface area contributed by atoms with Crippen LogP contribution in [-0.4, -0.2) is 18.9 Å². The average molecular weight is 409 g/mol. The second kappa shape index (κ2) is 7.88. The van der Waals surface area contributed by atoms with Crippen LogP contribution in [0.15, 0.2) is 97.1 Å². The summed E-state index contributed by atoms with van der Waals surface area (Å²) >= 11 is 0. The largest absolute Gasteiger partial charge is 0.497 e. The SMILES string of the molecule is COc1ccc(N2C(=O)[C@H]3[C@H](C2=O)[C@H](c2ccccc2)C=C[C@H]3c2ccccc2)cc1. The smallest absolute Gasteiger partial charge is 0.238 e. The van der Waals surface area contributed by atoms with Gasteiger partial charge in [0.05, 0.1) is 24.6 Å². The van der Waals surface area contributed by atoms with Crippen LogP contribution in [0, 0.1) is 11.8 Å². The maximum absolute atomic E-state index is 13.7. The summed E-state index contributed by atoms with van der Waals surface area (Å²) in [5, 5.41) is 0. The Kier molecular flexibility index (Phi) is 4.91. The maximum Gasteiger partial charge on any atom is 0.238 e. The molecule has 0 saturated carbocycles. The molecule has 31 heavy (non-hydrogen) atoms. The highest BCUT2D eigenvalue weighted by molar-refractivity contribution is 6.23. The second-order valence-electron chi connectivity index (χ2n) is 8.02. The van der Waals surface area contributed by atoms with Gasteiger partial charge in [0.25, 0.3) is 0 Å². The van der Waals surface area contributed by atoms with Crippen LogP contribution in [0.3, 0.4) is 0 Å². The van der Waals surface area contributed by atoms with Crippen molar-refractivity contribution in [1.82, 2.24) is 0 Å². The first-order valence-corrected chi connectivity index (χ1v) is 10.5. The molecule has 154 valence electrons. The number of nitrogens with zero attached hydrogens (tertiary/aromatic N) is 1. The number of benzene rings is 3. The Morgan fingerprint density at radius 1 is 0.645 bits per heavy atom. The third-order valence-electron chi connectivity index (χ3n) is 6.40. The summed E-state index contributed by atoms with van der Waals surface area (Å²) in [6.07, 6.45) is 4.22. The Morgan fingerprint density at radius 3 is 1.52 bits per heavy atom. The Bertz CT molecular complexity index is 1050. The summed E-state index contributed by atoms with van der Waals surface area (Å²) in [4.78, 5) is 28.8. The number of methoxy groups -OCH3 is 1. The molecule has 0 spiro atoms. The number of anilines is 1. The predicted octanol–water partition coefficient (Wildman–Crippen LogP) is 4.94. The van der Waals surface area contributed by atoms with E-state index in [0.29, 0.717) is 11.4 Å². The summed E-state index contributed by atoms with van der Waals surface area (Å²) in [7, 11) is 1.59. The molecular weight excluding hydrogens is 386 g/mol. The second-order valence-corrected chi connectivity index (χ2v) is 8.02. The Balaban J connectivity index is 1.60. The number of hydrogen-bond acceptors (Lipinski definition) is 3. The van der Waals surface area contributed by atoms with Crippen LogP contribution in [0.25, 0.3) is 0 Å². The predicted molar refractivity (Wildman–Crippen MR) is 120 cm³/mol. The third kappa shape index (κ3) is 3.25. The fraction of sp³-hybridized carbons (Fsp3) is 0.185. The Morgan fingerprint density at radius 2 is 1.10 bits per heavy atom. The van der Waals surface area contributed by atoms with Crippen molar-refractivity contribution in [3.05, 3.63) is 108 Å². The molecule has 4 heteroatoms. The number of rotatable bonds is 4. The highest BCUT2D eigenvalue weighted by Gasteiger charge is 2.55. The van der Waals surface area contributed by atoms with Crippen LogP contribution in [0.2, 0.25) is 0 Å². The molecule has 0 bridgehead atoms. The molecule has 0 unspecified atom stereocenters. The summed E-state index contributed by atoms with van der Waals surface area (Å²) in [5.74, 6) is -0.735. The lowest BCUT2D eigenvalue weighted by atomic mass is 9.68. The zero-order valence-electron chi connectivity index (χ0n) is 17.2. The molecule has 5 rings (SSSR count). The molecule has 4 atom stereocenters. The Hall–Kier alpha value is -3.66. The van der Waals surface area contributed by atoms with Crippen LogP contribution >= 0.6 is 0 Å². The van der Waals surface area contributed by atoms with E-state index in [2.05, 4.69) is 12.2 Å². The van der Waals surface area contributed by atoms with Gasteiger partial charge in [-0.25, -0.2) is 4.90 Å². The molecule has 3 aromatic carbocycles. The monoisotopic (exact) mass is 409 g/mol. The molecular formula is C27H23NO3. The van der Waals surface area contributed by atoms with Crippen LogP contribution < -0.4 is 9.64 Å². The molecule has 3 aromatic rings. The molecule has 4 nitrogen and oxygen atoms in total. The number of hydrogen-bond donors (Lipinski definition) is 0. The number of ether oxygens (including phenoxy) is 1. The minimum Gasteiger partial charge on any atom is -0.497 e. The fourth-order valence-corrected chi connectivity index (χ4v) is 4.92. The van der Waals surface area contributed by atoms with E-state index in [-0.39, 0.29) is 23.7 Å². The number of fused-ring (bicyclic) bond motifs is 1. The van der Waals surface area contributed by atoms with Gasteiger partial charge in [0.2, 0.25) is 11.8 Å². The highest BCUT2D eigenvalue weighted by Crippen LogP contribution is 2.50. The number of imide groups is 1. The normalized spacial score (nSPS) is 24.9. The lowest BCUT2D eigenvalue weighted by molar-refractivity contribution is -0.122. The molecule has 1 saturated heterocycles. The van der Waals surface area contributed by atoms with Crippen molar-refractivity contribution in [3.8, 4) is 5.75 Å². The quantitative estimate of drug-likeness (QED) is 0.453. The first-order chi connectivity index (χ1) is 15.2. The van der Waals surface area contributed by atoms with E-state index in [1.807, 2.05) is 60.7 Å². The van der Waals surface area contributed by atoms with Gasteiger partial charge in [0.1, 0.15) is 5.75 Å². The number of carbonyl (C=O) groups is 2. The van der Waals surface area contributed by atoms with E-state index in [1.165, 1.54) is 4.90 Å². The van der Waals surface area contributed by atoms with Gasteiger partial charge in [0.15, 0.2) is 0 Å². The van der Waals surface area contributed by atoms with Crippen molar-refractivity contribution in [2.45, 2.75) is 11.8 Å². The molecule has 0 radical (unpaired) electrons. The van der Waals surface area contributed by atoms with Gasteiger partial charge in [0, 0.05) is 11.8 Å². The summed E-state index contributed by atoms with van der Waals surface area (Å²) in [5.41, 5.74) is 2.69. The Labute approximate surface area is 181 Å². The van der Waals surface area contributed by atoms with E-state index >= 15 is 0 Å². The summed E-state index contributed by atoms with van der Waals surface area (Å²) in [6, 6.07) is 27.1. The van der Waals surface area contributed by atoms with Crippen LogP contribution in [0.5, 0.6) is 5.75 Å². The standard InChI is InChI=1S/C27H23NO3/c1-31-21-14-12-20(13-15-21)28-26(29)24-22(18-8-4-2-5-9-18)16-17-23(25(24)27(28)30)19-10-6-3-7-11-19/h2-17,22-25H,1H3/t22-,23-,24+,25+/m0/s1. The van der Waals surface area contributed by atoms with E-state index in [1.54, 1.807) is 31.4 Å². The van der Waals surface area contributed by atoms with Crippen molar-refractivity contribution in [2.75, 3.05) is 12.0 Å². The first-order valence-electron chi connectivity index (χ1n) is 10.5. The molecule has 0 aromatic heterocycles. The van der Waals surface area contributed by atoms with Gasteiger partial charge in [-0.3, -0.25) is 9.59 Å². The van der Waals surface area contributed by atoms with Crippen molar-refractivity contribution in [1.29, 1.82) is 0 Å². The van der Waals surface area contributed by atoms with E-state index in [0.717, 1.165) is 11.1 Å². The van der Waals surface area contributed by atoms with Crippen molar-refractivity contribution in [3.63, 3.8) is 0 Å². The topological polar surface area (TPSA) is 46.6 Å². The van der Waals surface area contributed by atoms with Gasteiger partial charge >= 0.3 is 0 Å². The van der Waals surface area contributed by atoms with Gasteiger partial charge in [-0.1, -0.05) is 72.8 Å². The molecule has 1 aliphatic heterocycles. The van der Waals surface area contributed by atoms with Crippen molar-refractivity contribution < 1.29 is 14.3 Å².